The van der Waals surface area contributed by atoms with Crippen LogP contribution in [0, 0.1) is 10.1 Å². The molecule has 0 spiro atoms. The summed E-state index contributed by atoms with van der Waals surface area (Å²) in [6, 6.07) is 24.9. The van der Waals surface area contributed by atoms with E-state index in [-0.39, 0.29) is 10.9 Å². The number of rotatable bonds is 3. The van der Waals surface area contributed by atoms with E-state index in [9.17, 15) is 10.1 Å². The normalized spacial score (nSPS) is 16.1. The van der Waals surface area contributed by atoms with Gasteiger partial charge >= 0.3 is 0 Å². The van der Waals surface area contributed by atoms with Crippen LogP contribution in [0.2, 0.25) is 0 Å². The Morgan fingerprint density at radius 2 is 1.79 bits per heavy atom. The van der Waals surface area contributed by atoms with Gasteiger partial charge in [-0.25, -0.2) is 4.99 Å². The molecule has 142 valence electrons. The first-order chi connectivity index (χ1) is 14.2. The number of hydrogen-bond acceptors (Lipinski definition) is 5. The van der Waals surface area contributed by atoms with E-state index in [4.69, 9.17) is 9.41 Å². The van der Waals surface area contributed by atoms with Crippen LogP contribution in [0.25, 0.3) is 11.0 Å². The zero-order chi connectivity index (χ0) is 19.8. The number of fused-ring (bicyclic) bond motifs is 2. The van der Waals surface area contributed by atoms with Crippen LogP contribution < -0.4 is 0 Å². The summed E-state index contributed by atoms with van der Waals surface area (Å²) in [5, 5.41) is 12.0. The molecular formula is C23H16N2O3S. The minimum absolute atomic E-state index is 0.0516. The first-order valence-corrected chi connectivity index (χ1v) is 10.1. The van der Waals surface area contributed by atoms with Crippen LogP contribution in [0.15, 0.2) is 93.2 Å². The summed E-state index contributed by atoms with van der Waals surface area (Å²) >= 11 is 1.80. The molecule has 2 heterocycles. The summed E-state index contributed by atoms with van der Waals surface area (Å²) in [6.07, 6.45) is 0.700. The number of aliphatic imine (C=N–C) groups is 1. The van der Waals surface area contributed by atoms with Gasteiger partial charge in [-0.3, -0.25) is 10.1 Å². The highest BCUT2D eigenvalue weighted by Crippen LogP contribution is 2.45. The van der Waals surface area contributed by atoms with Crippen LogP contribution in [0.5, 0.6) is 0 Å². The maximum atomic E-state index is 11.1. The zero-order valence-electron chi connectivity index (χ0n) is 15.3. The van der Waals surface area contributed by atoms with Gasteiger partial charge in [0.15, 0.2) is 0 Å². The number of non-ortho nitro benzene ring substituents is 1. The summed E-state index contributed by atoms with van der Waals surface area (Å²) in [7, 11) is 0. The molecule has 4 aromatic rings. The third kappa shape index (κ3) is 3.43. The predicted molar refractivity (Wildman–Crippen MR) is 115 cm³/mol. The highest BCUT2D eigenvalue weighted by molar-refractivity contribution is 7.99. The van der Waals surface area contributed by atoms with Gasteiger partial charge in [0, 0.05) is 34.1 Å². The van der Waals surface area contributed by atoms with Gasteiger partial charge in [0.2, 0.25) is 0 Å². The third-order valence-corrected chi connectivity index (χ3v) is 6.26. The Labute approximate surface area is 171 Å². The molecule has 6 heteroatoms. The van der Waals surface area contributed by atoms with Gasteiger partial charge in [0.1, 0.15) is 11.3 Å². The lowest BCUT2D eigenvalue weighted by molar-refractivity contribution is -0.384. The van der Waals surface area contributed by atoms with Crippen molar-refractivity contribution in [1.29, 1.82) is 0 Å². The second-order valence-electron chi connectivity index (χ2n) is 6.84. The summed E-state index contributed by atoms with van der Waals surface area (Å²) in [6.45, 7) is 0. The van der Waals surface area contributed by atoms with Gasteiger partial charge in [-0.05, 0) is 29.8 Å². The Morgan fingerprint density at radius 3 is 2.62 bits per heavy atom. The Balaban J connectivity index is 1.61. The Bertz CT molecular complexity index is 1250. The monoisotopic (exact) mass is 400 g/mol. The summed E-state index contributed by atoms with van der Waals surface area (Å²) in [4.78, 5) is 16.7. The van der Waals surface area contributed by atoms with E-state index >= 15 is 0 Å². The second-order valence-corrected chi connectivity index (χ2v) is 8.08. The molecule has 0 radical (unpaired) electrons. The lowest BCUT2D eigenvalue weighted by Crippen LogP contribution is -2.04. The van der Waals surface area contributed by atoms with Gasteiger partial charge in [-0.15, -0.1) is 11.8 Å². The SMILES string of the molecule is O=[N+]([O-])c1ccc2oc(C3=Nc4ccccc4SC(c4ccccc4)C3)cc2c1. The number of nitrogens with zero attached hydrogens (tertiary/aromatic N) is 2. The number of hydrogen-bond donors (Lipinski definition) is 0. The first kappa shape index (κ1) is 17.7. The number of nitro benzene ring substituents is 1. The molecule has 1 aromatic heterocycles. The Hall–Kier alpha value is -3.38. The lowest BCUT2D eigenvalue weighted by Gasteiger charge is -2.15. The first-order valence-electron chi connectivity index (χ1n) is 9.24. The van der Waals surface area contributed by atoms with Gasteiger partial charge in [0.05, 0.1) is 16.3 Å². The molecule has 1 atom stereocenters. The van der Waals surface area contributed by atoms with Crippen LogP contribution in [0.1, 0.15) is 23.0 Å². The molecule has 0 N–H and O–H groups in total. The minimum atomic E-state index is -0.395. The van der Waals surface area contributed by atoms with Crippen LogP contribution in [-0.4, -0.2) is 10.6 Å². The van der Waals surface area contributed by atoms with E-state index in [0.29, 0.717) is 23.2 Å². The second kappa shape index (κ2) is 7.22. The molecule has 0 saturated heterocycles. The molecule has 3 aromatic carbocycles. The molecule has 1 aliphatic rings. The van der Waals surface area contributed by atoms with E-state index in [1.807, 2.05) is 42.5 Å². The fourth-order valence-corrected chi connectivity index (χ4v) is 4.74. The fourth-order valence-electron chi connectivity index (χ4n) is 3.51. The molecule has 5 rings (SSSR count). The largest absolute Gasteiger partial charge is 0.455 e. The average Bonchev–Trinajstić information content (AvgIpc) is 3.07. The predicted octanol–water partition coefficient (Wildman–Crippen LogP) is 6.70. The maximum absolute atomic E-state index is 11.1. The van der Waals surface area contributed by atoms with Crippen molar-refractivity contribution in [3.05, 3.63) is 100 Å². The molecule has 29 heavy (non-hydrogen) atoms. The van der Waals surface area contributed by atoms with Crippen molar-refractivity contribution >= 4 is 39.8 Å². The summed E-state index contributed by atoms with van der Waals surface area (Å²) in [5.74, 6) is 0.652. The van der Waals surface area contributed by atoms with Gasteiger partial charge in [0.25, 0.3) is 5.69 Å². The van der Waals surface area contributed by atoms with Crippen LogP contribution in [0.4, 0.5) is 11.4 Å². The van der Waals surface area contributed by atoms with Crippen molar-refractivity contribution in [2.24, 2.45) is 4.99 Å². The molecular weight excluding hydrogens is 384 g/mol. The van der Waals surface area contributed by atoms with Crippen LogP contribution in [0.3, 0.4) is 0 Å². The molecule has 1 unspecified atom stereocenters. The van der Waals surface area contributed by atoms with Crippen LogP contribution >= 0.6 is 11.8 Å². The quantitative estimate of drug-likeness (QED) is 0.283. The van der Waals surface area contributed by atoms with Crippen molar-refractivity contribution in [3.63, 3.8) is 0 Å². The van der Waals surface area contributed by atoms with E-state index in [1.54, 1.807) is 17.8 Å². The minimum Gasteiger partial charge on any atom is -0.455 e. The standard InChI is InChI=1S/C23H16N2O3S/c26-25(27)17-10-11-20-16(12-17)13-21(28-20)19-14-23(15-6-2-1-3-7-15)29-22-9-5-4-8-18(22)24-19/h1-13,23H,14H2. The highest BCUT2D eigenvalue weighted by Gasteiger charge is 2.24. The zero-order valence-corrected chi connectivity index (χ0v) is 16.1. The average molecular weight is 400 g/mol. The highest BCUT2D eigenvalue weighted by atomic mass is 32.2. The smallest absolute Gasteiger partial charge is 0.270 e. The van der Waals surface area contributed by atoms with Gasteiger partial charge in [-0.1, -0.05) is 42.5 Å². The van der Waals surface area contributed by atoms with Crippen molar-refractivity contribution in [1.82, 2.24) is 0 Å². The van der Waals surface area contributed by atoms with Crippen molar-refractivity contribution in [2.75, 3.05) is 0 Å². The molecule has 1 aliphatic heterocycles. The van der Waals surface area contributed by atoms with E-state index in [0.717, 1.165) is 16.3 Å². The molecule has 0 fully saturated rings. The van der Waals surface area contributed by atoms with Crippen molar-refractivity contribution in [3.8, 4) is 0 Å². The summed E-state index contributed by atoms with van der Waals surface area (Å²) in [5.41, 5.74) is 3.66. The third-order valence-electron chi connectivity index (χ3n) is 4.94. The van der Waals surface area contributed by atoms with Crippen molar-refractivity contribution < 1.29 is 9.34 Å². The molecule has 0 bridgehead atoms. The van der Waals surface area contributed by atoms with E-state index in [2.05, 4.69) is 18.2 Å². The summed E-state index contributed by atoms with van der Waals surface area (Å²) < 4.78 is 6.03. The number of furan rings is 1. The van der Waals surface area contributed by atoms with E-state index < -0.39 is 4.92 Å². The maximum Gasteiger partial charge on any atom is 0.270 e. The Kier molecular flexibility index (Phi) is 4.41. The van der Waals surface area contributed by atoms with Crippen LogP contribution in [-0.2, 0) is 0 Å². The topological polar surface area (TPSA) is 68.6 Å². The molecule has 0 saturated carbocycles. The lowest BCUT2D eigenvalue weighted by atomic mass is 10.0. The number of nitro groups is 1. The number of thioether (sulfide) groups is 1. The molecule has 0 aliphatic carbocycles. The molecule has 5 nitrogen and oxygen atoms in total. The van der Waals surface area contributed by atoms with Gasteiger partial charge < -0.3 is 4.42 Å². The molecule has 0 amide bonds. The van der Waals surface area contributed by atoms with E-state index in [1.165, 1.54) is 17.7 Å². The number of para-hydroxylation sites is 1. The van der Waals surface area contributed by atoms with Crippen molar-refractivity contribution in [2.45, 2.75) is 16.6 Å². The fraction of sp³-hybridized carbons (Fsp3) is 0.0870. The van der Waals surface area contributed by atoms with Gasteiger partial charge in [-0.2, -0.15) is 0 Å². The Morgan fingerprint density at radius 1 is 1.00 bits per heavy atom. The number of benzene rings is 3.